The van der Waals surface area contributed by atoms with Crippen LogP contribution in [-0.4, -0.2) is 26.7 Å². The molecule has 2 aromatic heterocycles. The van der Waals surface area contributed by atoms with Gasteiger partial charge in [-0.15, -0.1) is 0 Å². The predicted octanol–water partition coefficient (Wildman–Crippen LogP) is 3.34. The summed E-state index contributed by atoms with van der Waals surface area (Å²) in [6.45, 7) is 6.91. The van der Waals surface area contributed by atoms with Crippen LogP contribution in [0.3, 0.4) is 0 Å². The highest BCUT2D eigenvalue weighted by atomic mass is 79.9. The van der Waals surface area contributed by atoms with Crippen LogP contribution >= 0.6 is 15.9 Å². The van der Waals surface area contributed by atoms with E-state index in [9.17, 15) is 14.0 Å². The van der Waals surface area contributed by atoms with E-state index in [4.69, 9.17) is 0 Å². The molecule has 7 nitrogen and oxygen atoms in total. The second-order valence-electron chi connectivity index (χ2n) is 9.30. The van der Waals surface area contributed by atoms with E-state index in [1.54, 1.807) is 12.3 Å². The zero-order valence-electron chi connectivity index (χ0n) is 17.9. The van der Waals surface area contributed by atoms with Gasteiger partial charge in [0.05, 0.1) is 11.9 Å². The lowest BCUT2D eigenvalue weighted by molar-refractivity contribution is -0.122. The molecule has 3 fully saturated rings. The number of nitrogens with one attached hydrogen (secondary N) is 2. The summed E-state index contributed by atoms with van der Waals surface area (Å²) in [4.78, 5) is 28.4. The number of carbonyl (C=O) groups excluding carboxylic acids is 1. The number of hydrogen-bond donors (Lipinski definition) is 2. The first-order valence-corrected chi connectivity index (χ1v) is 11.4. The second kappa shape index (κ2) is 8.33. The van der Waals surface area contributed by atoms with Crippen molar-refractivity contribution >= 4 is 27.5 Å². The van der Waals surface area contributed by atoms with Gasteiger partial charge in [0.25, 0.3) is 5.56 Å². The lowest BCUT2D eigenvalue weighted by atomic mass is 9.45. The minimum atomic E-state index is -0.607. The van der Waals surface area contributed by atoms with Gasteiger partial charge in [-0.25, -0.2) is 9.67 Å². The summed E-state index contributed by atoms with van der Waals surface area (Å²) >= 11 is 3.38. The zero-order valence-corrected chi connectivity index (χ0v) is 19.4. The number of halogens is 2. The van der Waals surface area contributed by atoms with Crippen LogP contribution < -0.4 is 16.2 Å². The highest BCUT2D eigenvalue weighted by Crippen LogP contribution is 2.61. The first-order valence-electron chi connectivity index (χ1n) is 10.6. The van der Waals surface area contributed by atoms with E-state index >= 15 is 0 Å². The number of amides is 1. The molecule has 2 heterocycles. The fraction of sp³-hybridized carbons (Fsp3) is 0.545. The van der Waals surface area contributed by atoms with E-state index in [2.05, 4.69) is 57.4 Å². The van der Waals surface area contributed by atoms with Crippen LogP contribution in [-0.2, 0) is 17.9 Å². The van der Waals surface area contributed by atoms with Crippen molar-refractivity contribution < 1.29 is 9.18 Å². The maximum atomic E-state index is 13.1. The average molecular weight is 492 g/mol. The molecule has 5 rings (SSSR count). The summed E-state index contributed by atoms with van der Waals surface area (Å²) in [6.07, 6.45) is 5.30. The third kappa shape index (κ3) is 4.24. The third-order valence-electron chi connectivity index (χ3n) is 7.25. The van der Waals surface area contributed by atoms with Crippen LogP contribution in [0.5, 0.6) is 0 Å². The fourth-order valence-electron chi connectivity index (χ4n) is 5.16. The van der Waals surface area contributed by atoms with Gasteiger partial charge in [-0.2, -0.15) is 9.49 Å². The Hall–Kier alpha value is -2.29. The monoisotopic (exact) mass is 491 g/mol. The minimum absolute atomic E-state index is 0.145. The summed E-state index contributed by atoms with van der Waals surface area (Å²) in [5.74, 6) is 0.912. The number of hydrogen-bond acceptors (Lipinski definition) is 5. The van der Waals surface area contributed by atoms with Gasteiger partial charge in [-0.05, 0) is 69.6 Å². The molecule has 0 aliphatic heterocycles. The molecular formula is C22H27BrFN5O2. The normalized spacial score (nSPS) is 26.1. The SMILES string of the molecule is C[C@H]1[C@H](Nc2cnn(CC(=O)NCc3ccnc(F)c3)c(=O)c2Br)C[C@H]2C[C@@H]1C2(C)C. The van der Waals surface area contributed by atoms with Gasteiger partial charge >= 0.3 is 0 Å². The molecule has 31 heavy (non-hydrogen) atoms. The van der Waals surface area contributed by atoms with Crippen LogP contribution in [0.15, 0.2) is 33.8 Å². The number of pyridine rings is 1. The Balaban J connectivity index is 1.38. The molecule has 2 aromatic rings. The largest absolute Gasteiger partial charge is 0.380 e. The van der Waals surface area contributed by atoms with Gasteiger partial charge in [0.15, 0.2) is 0 Å². The Bertz CT molecular complexity index is 1060. The average Bonchev–Trinajstić information content (AvgIpc) is 2.73. The Kier molecular flexibility index (Phi) is 5.89. The minimum Gasteiger partial charge on any atom is -0.380 e. The van der Waals surface area contributed by atoms with Crippen LogP contribution in [0, 0.1) is 29.1 Å². The molecule has 3 aliphatic carbocycles. The lowest BCUT2D eigenvalue weighted by Gasteiger charge is -2.62. The zero-order chi connectivity index (χ0) is 22.3. The molecule has 1 amide bonds. The molecule has 9 heteroatoms. The van der Waals surface area contributed by atoms with Crippen molar-refractivity contribution in [2.24, 2.45) is 23.2 Å². The molecule has 3 saturated carbocycles. The molecule has 0 saturated heterocycles. The number of aromatic nitrogens is 3. The van der Waals surface area contributed by atoms with Crippen LogP contribution in [0.25, 0.3) is 0 Å². The third-order valence-corrected chi connectivity index (χ3v) is 8.02. The highest BCUT2D eigenvalue weighted by molar-refractivity contribution is 9.10. The summed E-state index contributed by atoms with van der Waals surface area (Å²) in [5, 5.41) is 10.3. The van der Waals surface area contributed by atoms with E-state index < -0.39 is 5.95 Å². The number of rotatable bonds is 6. The molecule has 166 valence electrons. The molecule has 2 bridgehead atoms. The van der Waals surface area contributed by atoms with Crippen LogP contribution in [0.2, 0.25) is 0 Å². The Morgan fingerprint density at radius 2 is 2.16 bits per heavy atom. The topological polar surface area (TPSA) is 88.9 Å². The van der Waals surface area contributed by atoms with E-state index in [0.717, 1.165) is 11.1 Å². The van der Waals surface area contributed by atoms with Crippen LogP contribution in [0.4, 0.5) is 10.1 Å². The maximum Gasteiger partial charge on any atom is 0.283 e. The summed E-state index contributed by atoms with van der Waals surface area (Å²) in [7, 11) is 0. The van der Waals surface area contributed by atoms with E-state index in [-0.39, 0.29) is 24.6 Å². The quantitative estimate of drug-likeness (QED) is 0.604. The number of nitrogens with zero attached hydrogens (tertiary/aromatic N) is 3. The predicted molar refractivity (Wildman–Crippen MR) is 119 cm³/mol. The second-order valence-corrected chi connectivity index (χ2v) is 10.1. The smallest absolute Gasteiger partial charge is 0.283 e. The molecule has 0 spiro atoms. The van der Waals surface area contributed by atoms with Gasteiger partial charge in [0.2, 0.25) is 11.9 Å². The molecule has 0 unspecified atom stereocenters. The van der Waals surface area contributed by atoms with E-state index in [1.165, 1.54) is 18.7 Å². The van der Waals surface area contributed by atoms with Crippen LogP contribution in [0.1, 0.15) is 39.2 Å². The first-order chi connectivity index (χ1) is 14.7. The molecular weight excluding hydrogens is 465 g/mol. The van der Waals surface area contributed by atoms with Crippen molar-refractivity contribution in [3.05, 3.63) is 50.9 Å². The Morgan fingerprint density at radius 1 is 1.39 bits per heavy atom. The van der Waals surface area contributed by atoms with Gasteiger partial charge in [-0.3, -0.25) is 9.59 Å². The molecule has 3 aliphatic rings. The molecule has 2 N–H and O–H groups in total. The van der Waals surface area contributed by atoms with Gasteiger partial charge in [0.1, 0.15) is 11.0 Å². The standard InChI is InChI=1S/C22H27BrFN5O2/c1-12-15-7-14(22(15,2)3)8-16(12)28-17-10-27-29(21(31)20(17)23)11-19(30)26-9-13-4-5-25-18(24)6-13/h4-6,10,12,14-16,28H,7-9,11H2,1-3H3,(H,26,30)/t12-,14-,15+,16-/m1/s1. The van der Waals surface area contributed by atoms with E-state index in [1.807, 2.05) is 0 Å². The summed E-state index contributed by atoms with van der Waals surface area (Å²) in [5.41, 5.74) is 1.27. The molecule has 4 atom stereocenters. The van der Waals surface area contributed by atoms with E-state index in [0.29, 0.717) is 44.9 Å². The molecule has 0 aromatic carbocycles. The Labute approximate surface area is 189 Å². The number of anilines is 1. The van der Waals surface area contributed by atoms with Crippen molar-refractivity contribution in [1.82, 2.24) is 20.1 Å². The van der Waals surface area contributed by atoms with Gasteiger partial charge < -0.3 is 10.6 Å². The van der Waals surface area contributed by atoms with Crippen molar-refractivity contribution in [3.63, 3.8) is 0 Å². The van der Waals surface area contributed by atoms with Crippen molar-refractivity contribution in [2.45, 2.75) is 52.7 Å². The first kappa shape index (κ1) is 21.9. The number of fused-ring (bicyclic) bond motifs is 2. The highest BCUT2D eigenvalue weighted by Gasteiger charge is 2.56. The summed E-state index contributed by atoms with van der Waals surface area (Å²) < 4.78 is 14.6. The lowest BCUT2D eigenvalue weighted by Crippen LogP contribution is -2.58. The van der Waals surface area contributed by atoms with Crippen molar-refractivity contribution in [1.29, 1.82) is 0 Å². The maximum absolute atomic E-state index is 13.1. The van der Waals surface area contributed by atoms with Crippen molar-refractivity contribution in [3.8, 4) is 0 Å². The Morgan fingerprint density at radius 3 is 2.84 bits per heavy atom. The van der Waals surface area contributed by atoms with Gasteiger partial charge in [-0.1, -0.05) is 20.8 Å². The number of carbonyl (C=O) groups is 1. The van der Waals surface area contributed by atoms with Gasteiger partial charge in [0, 0.05) is 18.8 Å². The molecule has 0 radical (unpaired) electrons. The fourth-order valence-corrected chi connectivity index (χ4v) is 5.59. The van der Waals surface area contributed by atoms with Crippen molar-refractivity contribution in [2.75, 3.05) is 5.32 Å². The summed E-state index contributed by atoms with van der Waals surface area (Å²) in [6, 6.07) is 3.16.